The zero-order chi connectivity index (χ0) is 15.3. The summed E-state index contributed by atoms with van der Waals surface area (Å²) in [6, 6.07) is 4.03. The quantitative estimate of drug-likeness (QED) is 0.697. The molecule has 0 radical (unpaired) electrons. The van der Waals surface area contributed by atoms with Crippen molar-refractivity contribution in [2.45, 2.75) is 22.9 Å². The molecule has 1 aromatic carbocycles. The second kappa shape index (κ2) is 6.35. The molecule has 0 aromatic heterocycles. The molecule has 118 valence electrons. The number of hydrogen-bond acceptors (Lipinski definition) is 6. The predicted octanol–water partition coefficient (Wildman–Crippen LogP) is 2.99. The molecule has 1 heterocycles. The van der Waals surface area contributed by atoms with Crippen LogP contribution in [0.25, 0.3) is 0 Å². The van der Waals surface area contributed by atoms with Gasteiger partial charge in [-0.3, -0.25) is 10.3 Å². The van der Waals surface area contributed by atoms with E-state index in [0.717, 1.165) is 0 Å². The number of nitrogens with zero attached hydrogens (tertiary/aromatic N) is 1. The summed E-state index contributed by atoms with van der Waals surface area (Å²) in [5.74, 6) is 0. The smallest absolute Gasteiger partial charge is 0.262 e. The van der Waals surface area contributed by atoms with Crippen LogP contribution in [0.15, 0.2) is 23.1 Å². The van der Waals surface area contributed by atoms with Crippen LogP contribution in [0.4, 0.5) is 0 Å². The highest BCUT2D eigenvalue weighted by atomic mass is 79.9. The van der Waals surface area contributed by atoms with Gasteiger partial charge in [-0.1, -0.05) is 29.4 Å². The lowest BCUT2D eigenvalue weighted by molar-refractivity contribution is -0.0348. The summed E-state index contributed by atoms with van der Waals surface area (Å²) in [7, 11) is 2.95. The molecule has 1 aliphatic rings. The van der Waals surface area contributed by atoms with E-state index in [9.17, 15) is 13.5 Å². The Morgan fingerprint density at radius 3 is 2.48 bits per heavy atom. The molecular weight excluding hydrogens is 423 g/mol. The Morgan fingerprint density at radius 2 is 2.05 bits per heavy atom. The average Bonchev–Trinajstić information content (AvgIpc) is 2.53. The van der Waals surface area contributed by atoms with E-state index in [4.69, 9.17) is 27.7 Å². The maximum Gasteiger partial charge on any atom is 0.262 e. The number of rotatable bonds is 2. The Balaban J connectivity index is 0.00000220. The number of thioether (sulfide) groups is 1. The molecular formula is C11H13BrCl2N2O3S2. The highest BCUT2D eigenvalue weighted by Gasteiger charge is 2.48. The minimum atomic E-state index is -4.03. The Labute approximate surface area is 147 Å². The SMILES string of the molecule is Br.CC1SC(=N)C(O)(c2ccc(Cl)c(S(=O)(=O)Cl)c2)N1C. The van der Waals surface area contributed by atoms with Gasteiger partial charge >= 0.3 is 0 Å². The van der Waals surface area contributed by atoms with Gasteiger partial charge in [-0.05, 0) is 26.1 Å². The van der Waals surface area contributed by atoms with Crippen LogP contribution in [0.5, 0.6) is 0 Å². The molecule has 0 spiro atoms. The first-order valence-electron chi connectivity index (χ1n) is 5.54. The summed E-state index contributed by atoms with van der Waals surface area (Å²) in [4.78, 5) is 1.30. The standard InChI is InChI=1S/C11H12Cl2N2O3S2.BrH/c1-6-15(2)11(16,10(14)19-6)7-3-4-8(12)9(5-7)20(13,17)18;/h3-6,14,16H,1-2H3;1H. The second-order valence-electron chi connectivity index (χ2n) is 4.41. The van der Waals surface area contributed by atoms with Crippen LogP contribution in [-0.4, -0.2) is 35.9 Å². The number of aliphatic hydroxyl groups is 1. The first-order chi connectivity index (χ1) is 9.08. The monoisotopic (exact) mass is 434 g/mol. The third-order valence-electron chi connectivity index (χ3n) is 3.26. The molecule has 0 saturated carbocycles. The second-order valence-corrected chi connectivity index (χ2v) is 8.68. The molecule has 1 saturated heterocycles. The summed E-state index contributed by atoms with van der Waals surface area (Å²) >= 11 is 7.01. The minimum absolute atomic E-state index is 0. The Kier molecular flexibility index (Phi) is 5.81. The third kappa shape index (κ3) is 3.26. The van der Waals surface area contributed by atoms with Crippen molar-refractivity contribution in [2.75, 3.05) is 7.05 Å². The van der Waals surface area contributed by atoms with Gasteiger partial charge in [-0.2, -0.15) is 0 Å². The van der Waals surface area contributed by atoms with Gasteiger partial charge < -0.3 is 5.11 Å². The first-order valence-corrected chi connectivity index (χ1v) is 9.11. The molecule has 0 aliphatic carbocycles. The Bertz CT molecular complexity index is 686. The van der Waals surface area contributed by atoms with Crippen LogP contribution in [-0.2, 0) is 14.8 Å². The van der Waals surface area contributed by atoms with Crippen molar-refractivity contribution in [1.82, 2.24) is 4.90 Å². The Hall–Kier alpha value is 0.170. The number of nitrogens with one attached hydrogen (secondary N) is 1. The van der Waals surface area contributed by atoms with Crippen molar-refractivity contribution in [3.8, 4) is 0 Å². The molecule has 1 fully saturated rings. The van der Waals surface area contributed by atoms with E-state index in [1.807, 2.05) is 6.92 Å². The average molecular weight is 436 g/mol. The van der Waals surface area contributed by atoms with Gasteiger partial charge in [-0.25, -0.2) is 8.42 Å². The summed E-state index contributed by atoms with van der Waals surface area (Å²) in [5, 5.41) is 18.6. The lowest BCUT2D eigenvalue weighted by Crippen LogP contribution is -2.45. The first kappa shape index (κ1) is 19.2. The van der Waals surface area contributed by atoms with Gasteiger partial charge in [0.05, 0.1) is 10.4 Å². The molecule has 1 aliphatic heterocycles. The van der Waals surface area contributed by atoms with E-state index >= 15 is 0 Å². The summed E-state index contributed by atoms with van der Waals surface area (Å²) < 4.78 is 23.0. The van der Waals surface area contributed by atoms with E-state index in [1.54, 1.807) is 11.9 Å². The van der Waals surface area contributed by atoms with Crippen molar-refractivity contribution in [3.05, 3.63) is 28.8 Å². The van der Waals surface area contributed by atoms with Gasteiger partial charge in [0.25, 0.3) is 9.05 Å². The Morgan fingerprint density at radius 1 is 1.48 bits per heavy atom. The largest absolute Gasteiger partial charge is 0.366 e. The summed E-state index contributed by atoms with van der Waals surface area (Å²) in [6.07, 6.45) is 0. The molecule has 1 aromatic rings. The van der Waals surface area contributed by atoms with Crippen molar-refractivity contribution in [2.24, 2.45) is 0 Å². The van der Waals surface area contributed by atoms with E-state index in [2.05, 4.69) is 0 Å². The zero-order valence-corrected chi connectivity index (χ0v) is 15.9. The summed E-state index contributed by atoms with van der Waals surface area (Å²) in [6.45, 7) is 1.84. The van der Waals surface area contributed by atoms with Crippen LogP contribution in [0.1, 0.15) is 12.5 Å². The molecule has 2 N–H and O–H groups in total. The van der Waals surface area contributed by atoms with Gasteiger partial charge in [0.2, 0.25) is 0 Å². The maximum absolute atomic E-state index is 11.5. The minimum Gasteiger partial charge on any atom is -0.366 e. The van der Waals surface area contributed by atoms with Crippen LogP contribution < -0.4 is 0 Å². The van der Waals surface area contributed by atoms with Crippen LogP contribution >= 0.6 is 51.0 Å². The van der Waals surface area contributed by atoms with Gasteiger partial charge in [0.15, 0.2) is 5.72 Å². The van der Waals surface area contributed by atoms with E-state index in [1.165, 1.54) is 30.0 Å². The highest BCUT2D eigenvalue weighted by Crippen LogP contribution is 2.43. The van der Waals surface area contributed by atoms with Crippen molar-refractivity contribution < 1.29 is 13.5 Å². The van der Waals surface area contributed by atoms with Gasteiger partial charge in [-0.15, -0.1) is 17.0 Å². The topological polar surface area (TPSA) is 81.5 Å². The van der Waals surface area contributed by atoms with E-state index in [-0.39, 0.29) is 42.9 Å². The molecule has 2 unspecified atom stereocenters. The predicted molar refractivity (Wildman–Crippen MR) is 91.3 cm³/mol. The van der Waals surface area contributed by atoms with Gasteiger partial charge in [0.1, 0.15) is 9.94 Å². The number of benzene rings is 1. The molecule has 0 amide bonds. The summed E-state index contributed by atoms with van der Waals surface area (Å²) in [5.41, 5.74) is -1.43. The molecule has 0 bridgehead atoms. The fraction of sp³-hybridized carbons (Fsp3) is 0.364. The van der Waals surface area contributed by atoms with Crippen molar-refractivity contribution >= 4 is 65.1 Å². The fourth-order valence-corrected chi connectivity index (χ4v) is 4.57. The maximum atomic E-state index is 11.5. The van der Waals surface area contributed by atoms with Gasteiger partial charge in [0, 0.05) is 16.2 Å². The molecule has 2 atom stereocenters. The van der Waals surface area contributed by atoms with Crippen LogP contribution in [0, 0.1) is 5.41 Å². The van der Waals surface area contributed by atoms with E-state index in [0.29, 0.717) is 0 Å². The van der Waals surface area contributed by atoms with Crippen LogP contribution in [0.3, 0.4) is 0 Å². The normalized spacial score (nSPS) is 26.7. The van der Waals surface area contributed by atoms with Crippen molar-refractivity contribution in [1.29, 1.82) is 5.41 Å². The lowest BCUT2D eigenvalue weighted by Gasteiger charge is -2.31. The number of hydrogen-bond donors (Lipinski definition) is 2. The number of halogens is 3. The van der Waals surface area contributed by atoms with Crippen molar-refractivity contribution in [3.63, 3.8) is 0 Å². The van der Waals surface area contributed by atoms with E-state index < -0.39 is 14.8 Å². The van der Waals surface area contributed by atoms with Crippen LogP contribution in [0.2, 0.25) is 5.02 Å². The zero-order valence-electron chi connectivity index (χ0n) is 11.0. The molecule has 21 heavy (non-hydrogen) atoms. The molecule has 10 heteroatoms. The lowest BCUT2D eigenvalue weighted by atomic mass is 10.0. The fourth-order valence-electron chi connectivity index (χ4n) is 2.00. The molecule has 5 nitrogen and oxygen atoms in total. The highest BCUT2D eigenvalue weighted by molar-refractivity contribution is 8.93. The molecule has 2 rings (SSSR count). The third-order valence-corrected chi connectivity index (χ3v) is 6.24.